The summed E-state index contributed by atoms with van der Waals surface area (Å²) in [7, 11) is -3.51. The first-order valence-electron chi connectivity index (χ1n) is 7.17. The third-order valence-corrected chi connectivity index (χ3v) is 4.43. The van der Waals surface area contributed by atoms with Crippen molar-refractivity contribution in [2.75, 3.05) is 11.6 Å². The smallest absolute Gasteiger partial charge is 0.322 e. The molecule has 1 amide bonds. The molecule has 1 aromatic carbocycles. The molecule has 0 saturated carbocycles. The summed E-state index contributed by atoms with van der Waals surface area (Å²) >= 11 is 0. The van der Waals surface area contributed by atoms with E-state index in [2.05, 4.69) is 10.4 Å². The van der Waals surface area contributed by atoms with Gasteiger partial charge >= 0.3 is 6.18 Å². The molecule has 0 fully saturated rings. The predicted octanol–water partition coefficient (Wildman–Crippen LogP) is 3.14. The second-order valence-corrected chi connectivity index (χ2v) is 7.71. The number of anilines is 1. The molecule has 2 rings (SSSR count). The standard InChI is InChI=1S/C15H16F3N3O3S/c1-9(2)21-13(15(16,17)18)12(8-19-21)14(22)20-10-5-4-6-11(7-10)25(3,23)24/h4-9H,1-3H3,(H,20,22). The van der Waals surface area contributed by atoms with Crippen LogP contribution in [0.4, 0.5) is 18.9 Å². The Bertz CT molecular complexity index is 902. The number of carbonyl (C=O) groups is 1. The fraction of sp³-hybridized carbons (Fsp3) is 0.333. The van der Waals surface area contributed by atoms with E-state index in [1.807, 2.05) is 0 Å². The lowest BCUT2D eigenvalue weighted by molar-refractivity contribution is -0.145. The van der Waals surface area contributed by atoms with Crippen LogP contribution in [-0.2, 0) is 16.0 Å². The second kappa shape index (κ2) is 6.51. The third-order valence-electron chi connectivity index (χ3n) is 3.32. The fourth-order valence-corrected chi connectivity index (χ4v) is 2.87. The molecular weight excluding hydrogens is 359 g/mol. The summed E-state index contributed by atoms with van der Waals surface area (Å²) < 4.78 is 63.7. The molecule has 2 aromatic rings. The van der Waals surface area contributed by atoms with Crippen molar-refractivity contribution < 1.29 is 26.4 Å². The summed E-state index contributed by atoms with van der Waals surface area (Å²) in [6, 6.07) is 4.67. The first-order valence-corrected chi connectivity index (χ1v) is 9.06. The highest BCUT2D eigenvalue weighted by atomic mass is 32.2. The van der Waals surface area contributed by atoms with Gasteiger partial charge in [0, 0.05) is 18.0 Å². The van der Waals surface area contributed by atoms with E-state index >= 15 is 0 Å². The normalized spacial score (nSPS) is 12.4. The van der Waals surface area contributed by atoms with Crippen LogP contribution in [0.3, 0.4) is 0 Å². The van der Waals surface area contributed by atoms with Crippen LogP contribution < -0.4 is 5.32 Å². The highest BCUT2D eigenvalue weighted by molar-refractivity contribution is 7.90. The minimum atomic E-state index is -4.76. The molecule has 0 bridgehead atoms. The first-order chi connectivity index (χ1) is 11.4. The zero-order chi connectivity index (χ0) is 19.0. The van der Waals surface area contributed by atoms with Gasteiger partial charge in [-0.15, -0.1) is 0 Å². The van der Waals surface area contributed by atoms with Crippen LogP contribution in [0.15, 0.2) is 35.4 Å². The molecule has 0 aliphatic rings. The van der Waals surface area contributed by atoms with Gasteiger partial charge in [0.25, 0.3) is 5.91 Å². The Morgan fingerprint density at radius 3 is 2.44 bits per heavy atom. The van der Waals surface area contributed by atoms with Gasteiger partial charge in [-0.3, -0.25) is 9.48 Å². The van der Waals surface area contributed by atoms with Crippen LogP contribution in [0.2, 0.25) is 0 Å². The Kier molecular flexibility index (Phi) is 4.94. The van der Waals surface area contributed by atoms with Gasteiger partial charge < -0.3 is 5.32 Å². The molecule has 0 spiro atoms. The molecule has 6 nitrogen and oxygen atoms in total. The van der Waals surface area contributed by atoms with E-state index in [4.69, 9.17) is 0 Å². The maximum atomic E-state index is 13.3. The van der Waals surface area contributed by atoms with Crippen molar-refractivity contribution in [1.82, 2.24) is 9.78 Å². The number of aromatic nitrogens is 2. The summed E-state index contributed by atoms with van der Waals surface area (Å²) in [5.41, 5.74) is -1.72. The molecule has 136 valence electrons. The highest BCUT2D eigenvalue weighted by Crippen LogP contribution is 2.34. The Morgan fingerprint density at radius 2 is 1.92 bits per heavy atom. The highest BCUT2D eigenvalue weighted by Gasteiger charge is 2.40. The number of alkyl halides is 3. The van der Waals surface area contributed by atoms with E-state index < -0.39 is 39.2 Å². The van der Waals surface area contributed by atoms with Gasteiger partial charge in [0.05, 0.1) is 16.7 Å². The zero-order valence-electron chi connectivity index (χ0n) is 13.6. The summed E-state index contributed by atoms with van der Waals surface area (Å²) in [5, 5.41) is 5.92. The maximum absolute atomic E-state index is 13.3. The topological polar surface area (TPSA) is 81.1 Å². The molecule has 1 aromatic heterocycles. The van der Waals surface area contributed by atoms with Gasteiger partial charge in [0.15, 0.2) is 15.5 Å². The SMILES string of the molecule is CC(C)n1ncc(C(=O)Nc2cccc(S(C)(=O)=O)c2)c1C(F)(F)F. The van der Waals surface area contributed by atoms with Crippen LogP contribution in [0, 0.1) is 0 Å². The minimum absolute atomic E-state index is 0.0563. The number of benzene rings is 1. The maximum Gasteiger partial charge on any atom is 0.433 e. The van der Waals surface area contributed by atoms with E-state index in [1.54, 1.807) is 0 Å². The number of hydrogen-bond acceptors (Lipinski definition) is 4. The monoisotopic (exact) mass is 375 g/mol. The number of carbonyl (C=O) groups excluding carboxylic acids is 1. The van der Waals surface area contributed by atoms with Crippen molar-refractivity contribution in [1.29, 1.82) is 0 Å². The lowest BCUT2D eigenvalue weighted by Crippen LogP contribution is -2.22. The number of nitrogens with one attached hydrogen (secondary N) is 1. The van der Waals surface area contributed by atoms with Crippen LogP contribution >= 0.6 is 0 Å². The molecular formula is C15H16F3N3O3S. The van der Waals surface area contributed by atoms with Crippen LogP contribution in [0.5, 0.6) is 0 Å². The largest absolute Gasteiger partial charge is 0.433 e. The van der Waals surface area contributed by atoms with Gasteiger partial charge in [-0.2, -0.15) is 18.3 Å². The zero-order valence-corrected chi connectivity index (χ0v) is 14.4. The number of sulfone groups is 1. The average Bonchev–Trinajstić information content (AvgIpc) is 2.92. The van der Waals surface area contributed by atoms with E-state index in [0.29, 0.717) is 0 Å². The third kappa shape index (κ3) is 4.19. The van der Waals surface area contributed by atoms with Crippen LogP contribution in [0.25, 0.3) is 0 Å². The fourth-order valence-electron chi connectivity index (χ4n) is 2.21. The Labute approximate surface area is 142 Å². The van der Waals surface area contributed by atoms with E-state index in [9.17, 15) is 26.4 Å². The van der Waals surface area contributed by atoms with Gasteiger partial charge in [-0.05, 0) is 32.0 Å². The predicted molar refractivity (Wildman–Crippen MR) is 85.1 cm³/mol. The summed E-state index contributed by atoms with van der Waals surface area (Å²) in [6.45, 7) is 3.03. The number of halogens is 3. The molecule has 25 heavy (non-hydrogen) atoms. The summed E-state index contributed by atoms with van der Waals surface area (Å²) in [4.78, 5) is 12.2. The van der Waals surface area contributed by atoms with Crippen molar-refractivity contribution in [2.45, 2.75) is 31.0 Å². The first kappa shape index (κ1) is 19.0. The lowest BCUT2D eigenvalue weighted by Gasteiger charge is -2.15. The van der Waals surface area contributed by atoms with Crippen molar-refractivity contribution in [3.63, 3.8) is 0 Å². The molecule has 0 aliphatic carbocycles. The van der Waals surface area contributed by atoms with E-state index in [1.165, 1.54) is 38.1 Å². The Morgan fingerprint density at radius 1 is 1.28 bits per heavy atom. The quantitative estimate of drug-likeness (QED) is 0.890. The number of nitrogens with zero attached hydrogens (tertiary/aromatic N) is 2. The van der Waals surface area contributed by atoms with Gasteiger partial charge in [-0.1, -0.05) is 6.07 Å². The minimum Gasteiger partial charge on any atom is -0.322 e. The van der Waals surface area contributed by atoms with Crippen molar-refractivity contribution in [3.8, 4) is 0 Å². The van der Waals surface area contributed by atoms with Crippen molar-refractivity contribution in [3.05, 3.63) is 41.7 Å². The van der Waals surface area contributed by atoms with Crippen molar-refractivity contribution in [2.24, 2.45) is 0 Å². The molecule has 0 aliphatic heterocycles. The van der Waals surface area contributed by atoms with Gasteiger partial charge in [0.2, 0.25) is 0 Å². The molecule has 0 unspecified atom stereocenters. The summed E-state index contributed by atoms with van der Waals surface area (Å²) in [5.74, 6) is -1.02. The molecule has 1 heterocycles. The van der Waals surface area contributed by atoms with E-state index in [0.717, 1.165) is 17.1 Å². The number of hydrogen-bond donors (Lipinski definition) is 1. The molecule has 0 saturated heterocycles. The molecule has 0 atom stereocenters. The van der Waals surface area contributed by atoms with Gasteiger partial charge in [-0.25, -0.2) is 8.42 Å². The average molecular weight is 375 g/mol. The molecule has 1 N–H and O–H groups in total. The number of amides is 1. The Hall–Kier alpha value is -2.36. The molecule has 10 heteroatoms. The molecule has 0 radical (unpaired) electrons. The van der Waals surface area contributed by atoms with Gasteiger partial charge in [0.1, 0.15) is 0 Å². The Balaban J connectivity index is 2.40. The second-order valence-electron chi connectivity index (χ2n) is 5.70. The van der Waals surface area contributed by atoms with Crippen LogP contribution in [-0.4, -0.2) is 30.4 Å². The lowest BCUT2D eigenvalue weighted by atomic mass is 10.2. The van der Waals surface area contributed by atoms with Crippen LogP contribution in [0.1, 0.15) is 35.9 Å². The number of rotatable bonds is 4. The van der Waals surface area contributed by atoms with Crippen molar-refractivity contribution >= 4 is 21.4 Å². The van der Waals surface area contributed by atoms with E-state index in [-0.39, 0.29) is 10.6 Å². The summed E-state index contributed by atoms with van der Waals surface area (Å²) in [6.07, 6.45) is -2.93.